The van der Waals surface area contributed by atoms with Gasteiger partial charge in [0.25, 0.3) is 5.56 Å². The molecule has 0 saturated carbocycles. The molecule has 2 aromatic heterocycles. The van der Waals surface area contributed by atoms with Crippen LogP contribution >= 0.6 is 23.1 Å². The van der Waals surface area contributed by atoms with Crippen LogP contribution in [0.5, 0.6) is 0 Å². The SMILES string of the molecule is CC(=O)C(C)Sc1nc2sc3c(c2c(=O)n1-c1ccccc1F)CCCC3. The van der Waals surface area contributed by atoms with Crippen molar-refractivity contribution in [2.24, 2.45) is 0 Å². The molecule has 3 aromatic rings. The maximum atomic E-state index is 14.5. The second-order valence-corrected chi connectivity index (χ2v) is 9.14. The number of halogens is 1. The molecule has 4 nitrogen and oxygen atoms in total. The highest BCUT2D eigenvalue weighted by molar-refractivity contribution is 8.00. The lowest BCUT2D eigenvalue weighted by Crippen LogP contribution is -2.24. The number of nitrogens with zero attached hydrogens (tertiary/aromatic N) is 2. The van der Waals surface area contributed by atoms with E-state index in [2.05, 4.69) is 0 Å². The average molecular weight is 403 g/mol. The van der Waals surface area contributed by atoms with Crippen LogP contribution in [-0.4, -0.2) is 20.6 Å². The number of thiophene rings is 1. The summed E-state index contributed by atoms with van der Waals surface area (Å²) in [5, 5.41) is 0.596. The fraction of sp³-hybridized carbons (Fsp3) is 0.350. The molecular weight excluding hydrogens is 383 g/mol. The molecule has 0 radical (unpaired) electrons. The van der Waals surface area contributed by atoms with Crippen LogP contribution in [0, 0.1) is 5.82 Å². The fourth-order valence-electron chi connectivity index (χ4n) is 3.35. The minimum Gasteiger partial charge on any atom is -0.299 e. The Hall–Kier alpha value is -1.99. The first kappa shape index (κ1) is 18.4. The first-order chi connectivity index (χ1) is 13.0. The van der Waals surface area contributed by atoms with Crippen molar-refractivity contribution in [1.82, 2.24) is 9.55 Å². The van der Waals surface area contributed by atoms with Gasteiger partial charge < -0.3 is 0 Å². The Kier molecular flexibility index (Phi) is 4.90. The largest absolute Gasteiger partial charge is 0.299 e. The van der Waals surface area contributed by atoms with Gasteiger partial charge in [0.05, 0.1) is 16.3 Å². The number of aryl methyl sites for hydroxylation is 2. The Morgan fingerprint density at radius 2 is 2.04 bits per heavy atom. The number of carbonyl (C=O) groups is 1. The van der Waals surface area contributed by atoms with Crippen LogP contribution in [0.15, 0.2) is 34.2 Å². The molecule has 0 N–H and O–H groups in total. The topological polar surface area (TPSA) is 52.0 Å². The molecule has 1 aromatic carbocycles. The molecule has 0 amide bonds. The molecular formula is C20H19FN2O2S2. The van der Waals surface area contributed by atoms with Crippen LogP contribution in [0.4, 0.5) is 4.39 Å². The average Bonchev–Trinajstić information content (AvgIpc) is 3.01. The van der Waals surface area contributed by atoms with Gasteiger partial charge in [-0.3, -0.25) is 14.2 Å². The van der Waals surface area contributed by atoms with Gasteiger partial charge in [-0.15, -0.1) is 11.3 Å². The summed E-state index contributed by atoms with van der Waals surface area (Å²) < 4.78 is 15.9. The molecule has 0 spiro atoms. The van der Waals surface area contributed by atoms with Crippen molar-refractivity contribution >= 4 is 39.1 Å². The third kappa shape index (κ3) is 3.23. The van der Waals surface area contributed by atoms with Gasteiger partial charge in [0.15, 0.2) is 5.16 Å². The number of carbonyl (C=O) groups excluding carboxylic acids is 1. The quantitative estimate of drug-likeness (QED) is 0.475. The van der Waals surface area contributed by atoms with Gasteiger partial charge in [0, 0.05) is 4.88 Å². The van der Waals surface area contributed by atoms with Crippen molar-refractivity contribution in [2.75, 3.05) is 0 Å². The van der Waals surface area contributed by atoms with E-state index in [0.717, 1.165) is 31.2 Å². The molecule has 140 valence electrons. The number of benzene rings is 1. The van der Waals surface area contributed by atoms with Crippen LogP contribution in [0.2, 0.25) is 0 Å². The summed E-state index contributed by atoms with van der Waals surface area (Å²) in [6, 6.07) is 6.19. The van der Waals surface area contributed by atoms with E-state index < -0.39 is 5.82 Å². The fourth-order valence-corrected chi connectivity index (χ4v) is 5.57. The smallest absolute Gasteiger partial charge is 0.267 e. The second kappa shape index (κ2) is 7.20. The number of hydrogen-bond acceptors (Lipinski definition) is 5. The standard InChI is InChI=1S/C20H19FN2O2S2/c1-11(24)12(2)26-20-22-18-17(13-7-3-6-10-16(13)27-18)19(25)23(20)15-9-5-4-8-14(15)21/h4-5,8-9,12H,3,6-7,10H2,1-2H3. The van der Waals surface area contributed by atoms with Crippen molar-refractivity contribution < 1.29 is 9.18 Å². The highest BCUT2D eigenvalue weighted by Gasteiger charge is 2.25. The van der Waals surface area contributed by atoms with Gasteiger partial charge in [0.2, 0.25) is 0 Å². The van der Waals surface area contributed by atoms with Gasteiger partial charge in [-0.05, 0) is 57.2 Å². The summed E-state index contributed by atoms with van der Waals surface area (Å²) >= 11 is 2.75. The van der Waals surface area contributed by atoms with Crippen molar-refractivity contribution in [3.8, 4) is 5.69 Å². The third-order valence-corrected chi connectivity index (χ3v) is 7.26. The van der Waals surface area contributed by atoms with Crippen molar-refractivity contribution in [2.45, 2.75) is 49.9 Å². The molecule has 1 unspecified atom stereocenters. The van der Waals surface area contributed by atoms with Gasteiger partial charge in [0.1, 0.15) is 16.4 Å². The molecule has 1 aliphatic carbocycles. The van der Waals surface area contributed by atoms with Crippen LogP contribution < -0.4 is 5.56 Å². The molecule has 0 bridgehead atoms. The van der Waals surface area contributed by atoms with E-state index in [9.17, 15) is 14.0 Å². The Balaban J connectivity index is 2.02. The normalized spacial score (nSPS) is 14.9. The van der Waals surface area contributed by atoms with E-state index in [4.69, 9.17) is 4.98 Å². The molecule has 0 aliphatic heterocycles. The highest BCUT2D eigenvalue weighted by atomic mass is 32.2. The molecule has 7 heteroatoms. The predicted molar refractivity (Wildman–Crippen MR) is 108 cm³/mol. The Morgan fingerprint density at radius 3 is 2.78 bits per heavy atom. The van der Waals surface area contributed by atoms with E-state index in [1.54, 1.807) is 36.5 Å². The monoisotopic (exact) mass is 402 g/mol. The number of fused-ring (bicyclic) bond motifs is 3. The lowest BCUT2D eigenvalue weighted by molar-refractivity contribution is -0.116. The minimum absolute atomic E-state index is 0.0140. The maximum Gasteiger partial charge on any atom is 0.267 e. The summed E-state index contributed by atoms with van der Waals surface area (Å²) in [7, 11) is 0. The first-order valence-corrected chi connectivity index (χ1v) is 10.7. The number of ketones is 1. The van der Waals surface area contributed by atoms with Crippen LogP contribution in [0.25, 0.3) is 15.9 Å². The number of para-hydroxylation sites is 1. The van der Waals surface area contributed by atoms with Gasteiger partial charge in [-0.1, -0.05) is 23.9 Å². The van der Waals surface area contributed by atoms with E-state index in [0.29, 0.717) is 15.4 Å². The summed E-state index contributed by atoms with van der Waals surface area (Å²) in [6.07, 6.45) is 3.99. The Bertz CT molecular complexity index is 1100. The van der Waals surface area contributed by atoms with Gasteiger partial charge in [-0.2, -0.15) is 0 Å². The minimum atomic E-state index is -0.484. The van der Waals surface area contributed by atoms with Crippen molar-refractivity contribution in [1.29, 1.82) is 0 Å². The van der Waals surface area contributed by atoms with E-state index >= 15 is 0 Å². The van der Waals surface area contributed by atoms with E-state index in [-0.39, 0.29) is 22.3 Å². The second-order valence-electron chi connectivity index (χ2n) is 6.75. The van der Waals surface area contributed by atoms with Crippen molar-refractivity contribution in [3.05, 3.63) is 50.9 Å². The Labute approximate surface area is 164 Å². The first-order valence-electron chi connectivity index (χ1n) is 8.96. The van der Waals surface area contributed by atoms with Crippen LogP contribution in [0.3, 0.4) is 0 Å². The lowest BCUT2D eigenvalue weighted by Gasteiger charge is -2.15. The number of aromatic nitrogens is 2. The summed E-state index contributed by atoms with van der Waals surface area (Å²) in [6.45, 7) is 3.28. The maximum absolute atomic E-state index is 14.5. The number of thioether (sulfide) groups is 1. The zero-order chi connectivity index (χ0) is 19.1. The summed E-state index contributed by atoms with van der Waals surface area (Å²) in [5.41, 5.74) is 0.994. The van der Waals surface area contributed by atoms with Crippen molar-refractivity contribution in [3.63, 3.8) is 0 Å². The number of Topliss-reactive ketones (excluding diaryl/α,β-unsaturated/α-hetero) is 1. The Morgan fingerprint density at radius 1 is 1.30 bits per heavy atom. The molecule has 0 saturated heterocycles. The van der Waals surface area contributed by atoms with E-state index in [1.807, 2.05) is 0 Å². The molecule has 2 heterocycles. The number of hydrogen-bond donors (Lipinski definition) is 0. The summed E-state index contributed by atoms with van der Waals surface area (Å²) in [4.78, 5) is 31.8. The molecule has 0 fully saturated rings. The molecule has 4 rings (SSSR count). The predicted octanol–water partition coefficient (Wildman–Crippen LogP) is 4.53. The zero-order valence-electron chi connectivity index (χ0n) is 15.1. The van der Waals surface area contributed by atoms with Crippen LogP contribution in [-0.2, 0) is 17.6 Å². The summed E-state index contributed by atoms with van der Waals surface area (Å²) in [5.74, 6) is -0.498. The molecule has 1 aliphatic rings. The molecule has 27 heavy (non-hydrogen) atoms. The zero-order valence-corrected chi connectivity index (χ0v) is 16.8. The lowest BCUT2D eigenvalue weighted by atomic mass is 9.97. The van der Waals surface area contributed by atoms with E-state index in [1.165, 1.54) is 34.2 Å². The third-order valence-electron chi connectivity index (χ3n) is 4.91. The van der Waals surface area contributed by atoms with Crippen LogP contribution in [0.1, 0.15) is 37.1 Å². The highest BCUT2D eigenvalue weighted by Crippen LogP contribution is 2.36. The molecule has 1 atom stereocenters. The van der Waals surface area contributed by atoms with Gasteiger partial charge >= 0.3 is 0 Å². The number of rotatable bonds is 4. The van der Waals surface area contributed by atoms with Gasteiger partial charge in [-0.25, -0.2) is 9.37 Å².